The summed E-state index contributed by atoms with van der Waals surface area (Å²) in [4.78, 5) is 44.6. The lowest BCUT2D eigenvalue weighted by molar-refractivity contribution is -0.129. The van der Waals surface area contributed by atoms with Crippen molar-refractivity contribution in [3.8, 4) is 0 Å². The first kappa shape index (κ1) is 17.4. The normalized spacial score (nSPS) is 18.7. The molecule has 144 valence electrons. The molecule has 6 nitrogen and oxygen atoms in total. The highest BCUT2D eigenvalue weighted by Gasteiger charge is 2.35. The molecule has 2 aliphatic heterocycles. The monoisotopic (exact) mass is 395 g/mol. The quantitative estimate of drug-likeness (QED) is 0.807. The smallest absolute Gasteiger partial charge is 0.264 e. The standard InChI is InChI=1S/C21H21N3O3S/c25-18-3-4-22-7-14(18)6-20(26)23-8-16-10-24(11-17(16)9-23)21(27)19-5-15(12-28-19)13-1-2-13/h3-5,7,12-13H,1-2,6,8-11H2,(H,22,25). The van der Waals surface area contributed by atoms with Crippen LogP contribution in [-0.4, -0.2) is 52.8 Å². The number of amides is 2. The third-order valence-electron chi connectivity index (χ3n) is 5.79. The molecule has 1 fully saturated rings. The molecule has 5 rings (SSSR count). The number of aromatic amines is 1. The average molecular weight is 395 g/mol. The number of pyridine rings is 1. The number of thiophene rings is 1. The second-order valence-corrected chi connectivity index (χ2v) is 8.76. The zero-order valence-corrected chi connectivity index (χ0v) is 16.3. The van der Waals surface area contributed by atoms with Gasteiger partial charge in [-0.25, -0.2) is 0 Å². The Kier molecular flexibility index (Phi) is 4.19. The molecule has 2 aromatic rings. The van der Waals surface area contributed by atoms with Crippen molar-refractivity contribution in [2.45, 2.75) is 25.2 Å². The summed E-state index contributed by atoms with van der Waals surface area (Å²) >= 11 is 1.54. The van der Waals surface area contributed by atoms with Gasteiger partial charge < -0.3 is 14.8 Å². The predicted molar refractivity (Wildman–Crippen MR) is 107 cm³/mol. The molecule has 0 radical (unpaired) electrons. The van der Waals surface area contributed by atoms with Gasteiger partial charge in [0.1, 0.15) is 0 Å². The van der Waals surface area contributed by atoms with E-state index in [0.717, 1.165) is 4.88 Å². The molecule has 28 heavy (non-hydrogen) atoms. The molecule has 2 amide bonds. The molecule has 1 saturated carbocycles. The average Bonchev–Trinajstić information content (AvgIpc) is 3.11. The molecule has 1 aliphatic carbocycles. The lowest BCUT2D eigenvalue weighted by Crippen LogP contribution is -2.37. The summed E-state index contributed by atoms with van der Waals surface area (Å²) in [7, 11) is 0. The number of nitrogens with zero attached hydrogens (tertiary/aromatic N) is 2. The van der Waals surface area contributed by atoms with E-state index in [4.69, 9.17) is 0 Å². The highest BCUT2D eigenvalue weighted by Crippen LogP contribution is 2.42. The Morgan fingerprint density at radius 2 is 1.82 bits per heavy atom. The fraction of sp³-hybridized carbons (Fsp3) is 0.381. The van der Waals surface area contributed by atoms with Gasteiger partial charge >= 0.3 is 0 Å². The van der Waals surface area contributed by atoms with Gasteiger partial charge in [-0.1, -0.05) is 0 Å². The van der Waals surface area contributed by atoms with Gasteiger partial charge in [-0.2, -0.15) is 0 Å². The first-order valence-electron chi connectivity index (χ1n) is 9.59. The Morgan fingerprint density at radius 3 is 2.50 bits per heavy atom. The number of H-pyrrole nitrogens is 1. The molecular weight excluding hydrogens is 374 g/mol. The number of hydrogen-bond donors (Lipinski definition) is 1. The SMILES string of the molecule is O=C(Cc1c[nH]ccc1=O)N1CC2=C(C1)CN(C(=O)c1cc(C3CC3)cs1)C2. The maximum absolute atomic E-state index is 12.8. The fourth-order valence-corrected chi connectivity index (χ4v) is 4.97. The number of carbonyl (C=O) groups is 2. The number of rotatable bonds is 4. The van der Waals surface area contributed by atoms with Crippen LogP contribution in [0.2, 0.25) is 0 Å². The molecule has 4 heterocycles. The lowest BCUT2D eigenvalue weighted by atomic mass is 10.2. The Bertz CT molecular complexity index is 1030. The van der Waals surface area contributed by atoms with Gasteiger partial charge in [-0.3, -0.25) is 14.4 Å². The second-order valence-electron chi connectivity index (χ2n) is 7.85. The van der Waals surface area contributed by atoms with E-state index in [0.29, 0.717) is 37.7 Å². The minimum absolute atomic E-state index is 0.0451. The van der Waals surface area contributed by atoms with Gasteiger partial charge in [-0.05, 0) is 46.9 Å². The van der Waals surface area contributed by atoms with E-state index in [1.54, 1.807) is 28.6 Å². The highest BCUT2D eigenvalue weighted by atomic mass is 32.1. The number of nitrogens with one attached hydrogen (secondary N) is 1. The zero-order chi connectivity index (χ0) is 19.3. The number of carbonyl (C=O) groups excluding carboxylic acids is 2. The largest absolute Gasteiger partial charge is 0.367 e. The van der Waals surface area contributed by atoms with Crippen LogP contribution in [0.25, 0.3) is 0 Å². The van der Waals surface area contributed by atoms with Crippen molar-refractivity contribution in [1.29, 1.82) is 0 Å². The van der Waals surface area contributed by atoms with Crippen LogP contribution in [0, 0.1) is 0 Å². The topological polar surface area (TPSA) is 73.5 Å². The molecular formula is C21H21N3O3S. The number of hydrogen-bond acceptors (Lipinski definition) is 4. The molecule has 0 bridgehead atoms. The first-order valence-corrected chi connectivity index (χ1v) is 10.5. The molecule has 1 N–H and O–H groups in total. The van der Waals surface area contributed by atoms with Gasteiger partial charge in [-0.15, -0.1) is 11.3 Å². The Morgan fingerprint density at radius 1 is 1.11 bits per heavy atom. The Labute approximate surface area is 166 Å². The molecule has 2 aromatic heterocycles. The molecule has 3 aliphatic rings. The van der Waals surface area contributed by atoms with Crippen molar-refractivity contribution >= 4 is 23.2 Å². The van der Waals surface area contributed by atoms with E-state index in [2.05, 4.69) is 16.4 Å². The second kappa shape index (κ2) is 6.74. The summed E-state index contributed by atoms with van der Waals surface area (Å²) in [6.07, 6.45) is 5.74. The van der Waals surface area contributed by atoms with Crippen molar-refractivity contribution in [2.24, 2.45) is 0 Å². The van der Waals surface area contributed by atoms with Crippen molar-refractivity contribution in [2.75, 3.05) is 26.2 Å². The van der Waals surface area contributed by atoms with Crippen molar-refractivity contribution in [1.82, 2.24) is 14.8 Å². The summed E-state index contributed by atoms with van der Waals surface area (Å²) in [5.74, 6) is 0.715. The minimum Gasteiger partial charge on any atom is -0.367 e. The van der Waals surface area contributed by atoms with Crippen molar-refractivity contribution in [3.05, 3.63) is 67.3 Å². The minimum atomic E-state index is -0.120. The Balaban J connectivity index is 1.19. The fourth-order valence-electron chi connectivity index (χ4n) is 4.01. The zero-order valence-electron chi connectivity index (χ0n) is 15.4. The lowest BCUT2D eigenvalue weighted by Gasteiger charge is -2.22. The predicted octanol–water partition coefficient (Wildman–Crippen LogP) is 2.15. The molecule has 7 heteroatoms. The van der Waals surface area contributed by atoms with E-state index >= 15 is 0 Å². The van der Waals surface area contributed by atoms with Gasteiger partial charge in [0, 0.05) is 50.2 Å². The van der Waals surface area contributed by atoms with Gasteiger partial charge in [0.25, 0.3) is 5.91 Å². The maximum Gasteiger partial charge on any atom is 0.264 e. The summed E-state index contributed by atoms with van der Waals surface area (Å²) in [5, 5.41) is 2.12. The maximum atomic E-state index is 12.8. The molecule has 0 aromatic carbocycles. The summed E-state index contributed by atoms with van der Waals surface area (Å²) in [5.41, 5.74) is 4.01. The van der Waals surface area contributed by atoms with Crippen LogP contribution >= 0.6 is 11.3 Å². The van der Waals surface area contributed by atoms with Crippen LogP contribution in [-0.2, 0) is 11.2 Å². The summed E-state index contributed by atoms with van der Waals surface area (Å²) in [6, 6.07) is 3.49. The van der Waals surface area contributed by atoms with Gasteiger partial charge in [0.05, 0.1) is 11.3 Å². The molecule has 0 atom stereocenters. The van der Waals surface area contributed by atoms with Gasteiger partial charge in [0.15, 0.2) is 5.43 Å². The van der Waals surface area contributed by atoms with Crippen molar-refractivity contribution < 1.29 is 9.59 Å². The van der Waals surface area contributed by atoms with Crippen LogP contribution in [0.1, 0.15) is 39.6 Å². The van der Waals surface area contributed by atoms with E-state index in [1.807, 2.05) is 4.90 Å². The van der Waals surface area contributed by atoms with Gasteiger partial charge in [0.2, 0.25) is 5.91 Å². The van der Waals surface area contributed by atoms with E-state index in [1.165, 1.54) is 35.6 Å². The Hall–Kier alpha value is -2.67. The first-order chi connectivity index (χ1) is 13.6. The summed E-state index contributed by atoms with van der Waals surface area (Å²) in [6.45, 7) is 2.31. The van der Waals surface area contributed by atoms with E-state index < -0.39 is 0 Å². The molecule has 0 unspecified atom stereocenters. The van der Waals surface area contributed by atoms with Crippen LogP contribution < -0.4 is 5.43 Å². The van der Waals surface area contributed by atoms with Crippen LogP contribution in [0.3, 0.4) is 0 Å². The molecule has 0 saturated heterocycles. The van der Waals surface area contributed by atoms with E-state index in [9.17, 15) is 14.4 Å². The van der Waals surface area contributed by atoms with Crippen LogP contribution in [0.5, 0.6) is 0 Å². The molecule has 0 spiro atoms. The van der Waals surface area contributed by atoms with E-state index in [-0.39, 0.29) is 23.7 Å². The highest BCUT2D eigenvalue weighted by molar-refractivity contribution is 7.12. The number of aromatic nitrogens is 1. The third kappa shape index (κ3) is 3.20. The van der Waals surface area contributed by atoms with Crippen LogP contribution in [0.4, 0.5) is 0 Å². The van der Waals surface area contributed by atoms with Crippen molar-refractivity contribution in [3.63, 3.8) is 0 Å². The summed E-state index contributed by atoms with van der Waals surface area (Å²) < 4.78 is 0. The third-order valence-corrected chi connectivity index (χ3v) is 6.73. The van der Waals surface area contributed by atoms with Crippen LogP contribution in [0.15, 0.2) is 45.8 Å².